The number of rotatable bonds is 4. The van der Waals surface area contributed by atoms with Crippen molar-refractivity contribution in [2.24, 2.45) is 5.92 Å². The molecule has 1 fully saturated rings. The molecule has 1 aromatic rings. The molecular weight excluding hydrogens is 332 g/mol. The molecule has 1 heterocycles. The molecule has 1 atom stereocenters. The van der Waals surface area contributed by atoms with Crippen LogP contribution in [0.4, 0.5) is 5.69 Å². The molecule has 0 amide bonds. The summed E-state index contributed by atoms with van der Waals surface area (Å²) in [6, 6.07) is 4.78. The lowest BCUT2D eigenvalue weighted by Crippen LogP contribution is -2.29. The Labute approximate surface area is 121 Å². The number of nitrogens with two attached hydrogens (primary N) is 1. The van der Waals surface area contributed by atoms with E-state index in [1.54, 1.807) is 12.1 Å². The van der Waals surface area contributed by atoms with Crippen molar-refractivity contribution in [3.63, 3.8) is 0 Å². The summed E-state index contributed by atoms with van der Waals surface area (Å²) in [5.41, 5.74) is 6.04. The molecule has 0 aromatic heterocycles. The van der Waals surface area contributed by atoms with Crippen molar-refractivity contribution in [2.45, 2.75) is 17.7 Å². The van der Waals surface area contributed by atoms with Crippen LogP contribution in [0.1, 0.15) is 12.8 Å². The first-order chi connectivity index (χ1) is 8.95. The van der Waals surface area contributed by atoms with Gasteiger partial charge in [0.15, 0.2) is 0 Å². The lowest BCUT2D eigenvalue weighted by atomic mass is 10.1. The zero-order chi connectivity index (χ0) is 14.0. The minimum atomic E-state index is -3.53. The zero-order valence-electron chi connectivity index (χ0n) is 10.4. The number of sulfonamides is 1. The van der Waals surface area contributed by atoms with E-state index in [0.717, 1.165) is 10.9 Å². The van der Waals surface area contributed by atoms with E-state index in [1.807, 2.05) is 0 Å². The number of hydrogen-bond donors (Lipinski definition) is 2. The minimum absolute atomic E-state index is 0.0962. The lowest BCUT2D eigenvalue weighted by Gasteiger charge is -2.17. The molecule has 5 nitrogen and oxygen atoms in total. The summed E-state index contributed by atoms with van der Waals surface area (Å²) in [4.78, 5) is 0.153. The Morgan fingerprint density at radius 2 is 2.21 bits per heavy atom. The number of nitrogen functional groups attached to an aromatic ring is 1. The smallest absolute Gasteiger partial charge is 0.245 e. The van der Waals surface area contributed by atoms with Gasteiger partial charge in [0.1, 0.15) is 4.90 Å². The van der Waals surface area contributed by atoms with Gasteiger partial charge in [0, 0.05) is 24.2 Å². The molecule has 1 unspecified atom stereocenters. The summed E-state index contributed by atoms with van der Waals surface area (Å²) in [6.07, 6.45) is 1.43. The number of aliphatic hydroxyl groups is 1. The molecule has 3 N–H and O–H groups in total. The fraction of sp³-hybridized carbons (Fsp3) is 0.500. The fourth-order valence-electron chi connectivity index (χ4n) is 2.33. The molecule has 1 aliphatic rings. The van der Waals surface area contributed by atoms with Gasteiger partial charge in [0.2, 0.25) is 10.0 Å². The summed E-state index contributed by atoms with van der Waals surface area (Å²) in [7, 11) is -3.53. The van der Waals surface area contributed by atoms with Gasteiger partial charge in [-0.1, -0.05) is 15.9 Å². The van der Waals surface area contributed by atoms with Crippen molar-refractivity contribution in [3.05, 3.63) is 22.7 Å². The van der Waals surface area contributed by atoms with Crippen molar-refractivity contribution < 1.29 is 13.5 Å². The van der Waals surface area contributed by atoms with Gasteiger partial charge in [-0.15, -0.1) is 0 Å². The molecule has 0 radical (unpaired) electrons. The second-order valence-corrected chi connectivity index (χ2v) is 7.53. The Bertz CT molecular complexity index is 562. The molecule has 2 rings (SSSR count). The fourth-order valence-corrected chi connectivity index (χ4v) is 4.33. The normalized spacial score (nSPS) is 20.8. The number of benzene rings is 1. The van der Waals surface area contributed by atoms with Crippen LogP contribution >= 0.6 is 15.9 Å². The van der Waals surface area contributed by atoms with Crippen LogP contribution in [0.15, 0.2) is 27.6 Å². The van der Waals surface area contributed by atoms with Crippen LogP contribution in [-0.4, -0.2) is 37.5 Å². The predicted molar refractivity (Wildman–Crippen MR) is 77.1 cm³/mol. The molecule has 1 aromatic carbocycles. The van der Waals surface area contributed by atoms with Crippen molar-refractivity contribution in [2.75, 3.05) is 25.4 Å². The third-order valence-electron chi connectivity index (χ3n) is 3.38. The lowest BCUT2D eigenvalue weighted by molar-refractivity contribution is 0.259. The van der Waals surface area contributed by atoms with Gasteiger partial charge in [0.05, 0.1) is 5.69 Å². The molecule has 0 spiro atoms. The maximum atomic E-state index is 12.5. The third-order valence-corrected chi connectivity index (χ3v) is 5.81. The molecule has 19 heavy (non-hydrogen) atoms. The zero-order valence-corrected chi connectivity index (χ0v) is 12.8. The molecule has 106 valence electrons. The Morgan fingerprint density at radius 3 is 2.84 bits per heavy atom. The van der Waals surface area contributed by atoms with Crippen molar-refractivity contribution in [3.8, 4) is 0 Å². The summed E-state index contributed by atoms with van der Waals surface area (Å²) in [5.74, 6) is 0.233. The minimum Gasteiger partial charge on any atom is -0.398 e. The van der Waals surface area contributed by atoms with Gasteiger partial charge in [0.25, 0.3) is 0 Å². The van der Waals surface area contributed by atoms with Crippen LogP contribution in [0, 0.1) is 5.92 Å². The van der Waals surface area contributed by atoms with Crippen molar-refractivity contribution in [1.82, 2.24) is 4.31 Å². The van der Waals surface area contributed by atoms with E-state index in [-0.39, 0.29) is 23.1 Å². The maximum Gasteiger partial charge on any atom is 0.245 e. The first kappa shape index (κ1) is 14.8. The number of aliphatic hydroxyl groups excluding tert-OH is 1. The summed E-state index contributed by atoms with van der Waals surface area (Å²) >= 11 is 3.26. The second-order valence-electron chi connectivity index (χ2n) is 4.71. The quantitative estimate of drug-likeness (QED) is 0.806. The SMILES string of the molecule is Nc1cc(Br)ccc1S(=O)(=O)N1CCC(CCO)C1. The molecule has 0 saturated carbocycles. The standard InChI is InChI=1S/C12H17BrN2O3S/c13-10-1-2-12(11(14)7-10)19(17,18)15-5-3-9(8-15)4-6-16/h1-2,7,9,16H,3-6,8,14H2. The average Bonchev–Trinajstić information content (AvgIpc) is 2.78. The highest BCUT2D eigenvalue weighted by Crippen LogP contribution is 2.30. The maximum absolute atomic E-state index is 12.5. The monoisotopic (exact) mass is 348 g/mol. The van der Waals surface area contributed by atoms with Crippen LogP contribution in [0.3, 0.4) is 0 Å². The Kier molecular flexibility index (Phi) is 4.50. The number of nitrogens with zero attached hydrogens (tertiary/aromatic N) is 1. The van der Waals surface area contributed by atoms with Gasteiger partial charge in [-0.25, -0.2) is 8.42 Å². The first-order valence-corrected chi connectivity index (χ1v) is 8.34. The molecule has 0 aliphatic carbocycles. The molecular formula is C12H17BrN2O3S. The Balaban J connectivity index is 2.23. The number of hydrogen-bond acceptors (Lipinski definition) is 4. The van der Waals surface area contributed by atoms with Crippen LogP contribution in [0.25, 0.3) is 0 Å². The molecule has 1 saturated heterocycles. The van der Waals surface area contributed by atoms with E-state index < -0.39 is 10.0 Å². The highest BCUT2D eigenvalue weighted by molar-refractivity contribution is 9.10. The Morgan fingerprint density at radius 1 is 1.47 bits per heavy atom. The highest BCUT2D eigenvalue weighted by Gasteiger charge is 2.33. The second kappa shape index (κ2) is 5.78. The molecule has 7 heteroatoms. The Hall–Kier alpha value is -0.630. The summed E-state index contributed by atoms with van der Waals surface area (Å²) < 4.78 is 27.2. The van der Waals surface area contributed by atoms with Crippen LogP contribution < -0.4 is 5.73 Å². The van der Waals surface area contributed by atoms with Crippen LogP contribution in [0.5, 0.6) is 0 Å². The van der Waals surface area contributed by atoms with Crippen molar-refractivity contribution in [1.29, 1.82) is 0 Å². The van der Waals surface area contributed by atoms with Crippen molar-refractivity contribution >= 4 is 31.6 Å². The predicted octanol–water partition coefficient (Wildman–Crippen LogP) is 1.42. The summed E-state index contributed by atoms with van der Waals surface area (Å²) in [6.45, 7) is 1.04. The van der Waals surface area contributed by atoms with E-state index in [0.29, 0.717) is 19.5 Å². The van der Waals surface area contributed by atoms with E-state index in [1.165, 1.54) is 10.4 Å². The van der Waals surface area contributed by atoms with E-state index in [4.69, 9.17) is 10.8 Å². The van der Waals surface area contributed by atoms with Gasteiger partial charge >= 0.3 is 0 Å². The van der Waals surface area contributed by atoms with E-state index >= 15 is 0 Å². The largest absolute Gasteiger partial charge is 0.398 e. The topological polar surface area (TPSA) is 83.6 Å². The molecule has 0 bridgehead atoms. The highest BCUT2D eigenvalue weighted by atomic mass is 79.9. The van der Waals surface area contributed by atoms with Gasteiger partial charge in [-0.3, -0.25) is 0 Å². The van der Waals surface area contributed by atoms with Gasteiger partial charge < -0.3 is 10.8 Å². The van der Waals surface area contributed by atoms with E-state index in [2.05, 4.69) is 15.9 Å². The first-order valence-electron chi connectivity index (χ1n) is 6.11. The van der Waals surface area contributed by atoms with E-state index in [9.17, 15) is 8.42 Å². The number of halogens is 1. The number of anilines is 1. The third kappa shape index (κ3) is 3.10. The van der Waals surface area contributed by atoms with Crippen LogP contribution in [0.2, 0.25) is 0 Å². The van der Waals surface area contributed by atoms with Gasteiger partial charge in [-0.05, 0) is 37.0 Å². The average molecular weight is 349 g/mol. The summed E-state index contributed by atoms with van der Waals surface area (Å²) in [5, 5.41) is 8.91. The van der Waals surface area contributed by atoms with Gasteiger partial charge in [-0.2, -0.15) is 4.31 Å². The van der Waals surface area contributed by atoms with Crippen LogP contribution in [-0.2, 0) is 10.0 Å². The molecule has 1 aliphatic heterocycles.